The van der Waals surface area contributed by atoms with Crippen LogP contribution in [0.15, 0.2) is 0 Å². The maximum absolute atomic E-state index is 11.4. The fraction of sp³-hybridized carbons (Fsp3) is 1.00. The second-order valence-corrected chi connectivity index (χ2v) is 10.00. The monoisotopic (exact) mass is 334 g/mol. The van der Waals surface area contributed by atoms with E-state index >= 15 is 0 Å². The van der Waals surface area contributed by atoms with Crippen molar-refractivity contribution < 1.29 is 14.6 Å². The molecule has 136 valence electrons. The summed E-state index contributed by atoms with van der Waals surface area (Å²) < 4.78 is 12.4. The number of ether oxygens (including phenoxy) is 2. The van der Waals surface area contributed by atoms with Gasteiger partial charge in [-0.2, -0.15) is 0 Å². The minimum Gasteiger partial charge on any atom is -0.393 e. The van der Waals surface area contributed by atoms with Gasteiger partial charge in [-0.3, -0.25) is 0 Å². The maximum atomic E-state index is 11.4. The van der Waals surface area contributed by atoms with Crippen LogP contribution < -0.4 is 0 Å². The molecule has 0 amide bonds. The lowest BCUT2D eigenvalue weighted by molar-refractivity contribution is -0.264. The van der Waals surface area contributed by atoms with Gasteiger partial charge in [0.2, 0.25) is 0 Å². The highest BCUT2D eigenvalue weighted by Gasteiger charge is 2.69. The Morgan fingerprint density at radius 2 is 1.71 bits per heavy atom. The molecule has 7 atom stereocenters. The second-order valence-electron chi connectivity index (χ2n) is 10.00. The summed E-state index contributed by atoms with van der Waals surface area (Å²) in [6.07, 6.45) is 11.1. The van der Waals surface area contributed by atoms with Crippen molar-refractivity contribution in [3.8, 4) is 0 Å². The van der Waals surface area contributed by atoms with Gasteiger partial charge in [-0.05, 0) is 67.6 Å². The molecule has 1 saturated heterocycles. The number of aliphatic hydroxyl groups excluding tert-OH is 1. The van der Waals surface area contributed by atoms with E-state index in [9.17, 15) is 5.11 Å². The molecule has 1 N–H and O–H groups in total. The molecule has 5 aliphatic rings. The molecule has 5 fully saturated rings. The molecule has 1 heterocycles. The maximum Gasteiger partial charge on any atom is 0.174 e. The van der Waals surface area contributed by atoms with Crippen molar-refractivity contribution in [2.75, 3.05) is 13.2 Å². The zero-order valence-corrected chi connectivity index (χ0v) is 15.4. The van der Waals surface area contributed by atoms with Gasteiger partial charge >= 0.3 is 0 Å². The summed E-state index contributed by atoms with van der Waals surface area (Å²) in [7, 11) is 0. The van der Waals surface area contributed by atoms with Crippen LogP contribution in [0.5, 0.6) is 0 Å². The molecular weight excluding hydrogens is 300 g/mol. The molecule has 0 bridgehead atoms. The summed E-state index contributed by atoms with van der Waals surface area (Å²) in [5, 5.41) is 11.4. The molecule has 1 spiro atoms. The van der Waals surface area contributed by atoms with Gasteiger partial charge in [-0.25, -0.2) is 0 Å². The van der Waals surface area contributed by atoms with E-state index < -0.39 is 5.79 Å². The lowest BCUT2D eigenvalue weighted by atomic mass is 9.44. The highest BCUT2D eigenvalue weighted by Crippen LogP contribution is 2.69. The molecule has 0 aromatic carbocycles. The number of hydrogen-bond donors (Lipinski definition) is 1. The summed E-state index contributed by atoms with van der Waals surface area (Å²) in [5.74, 6) is 2.30. The van der Waals surface area contributed by atoms with Gasteiger partial charge in [0, 0.05) is 11.8 Å². The van der Waals surface area contributed by atoms with Crippen LogP contribution in [0.2, 0.25) is 0 Å². The van der Waals surface area contributed by atoms with Gasteiger partial charge in [0.25, 0.3) is 0 Å². The van der Waals surface area contributed by atoms with Gasteiger partial charge in [0.1, 0.15) is 0 Å². The highest BCUT2D eigenvalue weighted by atomic mass is 16.7. The van der Waals surface area contributed by atoms with E-state index in [-0.39, 0.29) is 11.5 Å². The summed E-state index contributed by atoms with van der Waals surface area (Å²) in [6.45, 7) is 6.34. The molecule has 3 heteroatoms. The van der Waals surface area contributed by atoms with Crippen LogP contribution in [0.4, 0.5) is 0 Å². The third kappa shape index (κ3) is 1.85. The zero-order chi connectivity index (χ0) is 16.6. The van der Waals surface area contributed by atoms with E-state index in [4.69, 9.17) is 9.47 Å². The van der Waals surface area contributed by atoms with Crippen molar-refractivity contribution in [3.63, 3.8) is 0 Å². The molecule has 0 aromatic heterocycles. The summed E-state index contributed by atoms with van der Waals surface area (Å²) in [4.78, 5) is 0. The Kier molecular flexibility index (Phi) is 3.49. The van der Waals surface area contributed by atoms with E-state index in [2.05, 4.69) is 13.8 Å². The normalized spacial score (nSPS) is 55.9. The smallest absolute Gasteiger partial charge is 0.174 e. The Hall–Kier alpha value is -0.120. The standard InChI is InChI=1S/C21H34O3/c1-19-9-4-3-5-14(19)6-7-15-16-8-10-21(23-11-12-24-21)20(16,2)13-17(22)18(15)19/h14-18,22H,3-13H2,1-2H3/t14?,15?,16?,17?,18?,19-,20-/m0/s1. The van der Waals surface area contributed by atoms with Gasteiger partial charge in [0.15, 0.2) is 5.79 Å². The molecule has 5 unspecified atom stereocenters. The van der Waals surface area contributed by atoms with Crippen LogP contribution in [-0.4, -0.2) is 30.2 Å². The van der Waals surface area contributed by atoms with Crippen LogP contribution in [0.3, 0.4) is 0 Å². The van der Waals surface area contributed by atoms with Gasteiger partial charge in [0.05, 0.1) is 19.3 Å². The van der Waals surface area contributed by atoms with Crippen molar-refractivity contribution in [1.29, 1.82) is 0 Å². The van der Waals surface area contributed by atoms with Crippen LogP contribution in [0.25, 0.3) is 0 Å². The Morgan fingerprint density at radius 3 is 2.50 bits per heavy atom. The fourth-order valence-corrected chi connectivity index (χ4v) is 8.30. The first-order valence-corrected chi connectivity index (χ1v) is 10.5. The molecule has 0 radical (unpaired) electrons. The van der Waals surface area contributed by atoms with E-state index in [0.29, 0.717) is 23.2 Å². The van der Waals surface area contributed by atoms with Crippen LogP contribution >= 0.6 is 0 Å². The number of aliphatic hydroxyl groups is 1. The fourth-order valence-electron chi connectivity index (χ4n) is 8.30. The predicted octanol–water partition coefficient (Wildman–Crippen LogP) is 4.13. The van der Waals surface area contributed by atoms with Crippen molar-refractivity contribution in [2.24, 2.45) is 34.5 Å². The minimum absolute atomic E-state index is 0.00193. The Morgan fingerprint density at radius 1 is 0.917 bits per heavy atom. The molecule has 3 nitrogen and oxygen atoms in total. The minimum atomic E-state index is -0.395. The molecule has 0 aromatic rings. The number of hydrogen-bond acceptors (Lipinski definition) is 3. The van der Waals surface area contributed by atoms with E-state index in [1.54, 1.807) is 0 Å². The molecule has 4 aliphatic carbocycles. The van der Waals surface area contributed by atoms with Crippen molar-refractivity contribution >= 4 is 0 Å². The first-order chi connectivity index (χ1) is 11.5. The predicted molar refractivity (Wildman–Crippen MR) is 92.4 cm³/mol. The van der Waals surface area contributed by atoms with Crippen LogP contribution in [-0.2, 0) is 9.47 Å². The van der Waals surface area contributed by atoms with Gasteiger partial charge in [-0.15, -0.1) is 0 Å². The lowest BCUT2D eigenvalue weighted by Gasteiger charge is -2.62. The molecule has 5 rings (SSSR count). The average molecular weight is 335 g/mol. The average Bonchev–Trinajstić information content (AvgIpc) is 3.13. The van der Waals surface area contributed by atoms with E-state index in [0.717, 1.165) is 32.0 Å². The third-order valence-electron chi connectivity index (χ3n) is 9.31. The Balaban J connectivity index is 1.51. The van der Waals surface area contributed by atoms with Crippen LogP contribution in [0.1, 0.15) is 71.6 Å². The topological polar surface area (TPSA) is 38.7 Å². The largest absolute Gasteiger partial charge is 0.393 e. The third-order valence-corrected chi connectivity index (χ3v) is 9.31. The Labute approximate surface area is 146 Å². The van der Waals surface area contributed by atoms with E-state index in [1.807, 2.05) is 0 Å². The molecular formula is C21H34O3. The van der Waals surface area contributed by atoms with Gasteiger partial charge in [-0.1, -0.05) is 26.7 Å². The Bertz CT molecular complexity index is 513. The second kappa shape index (κ2) is 5.20. The highest BCUT2D eigenvalue weighted by molar-refractivity contribution is 5.14. The van der Waals surface area contributed by atoms with Crippen LogP contribution in [0, 0.1) is 34.5 Å². The van der Waals surface area contributed by atoms with E-state index in [1.165, 1.54) is 44.9 Å². The number of rotatable bonds is 0. The molecule has 1 aliphatic heterocycles. The zero-order valence-electron chi connectivity index (χ0n) is 15.4. The molecule has 24 heavy (non-hydrogen) atoms. The SMILES string of the molecule is C[C@]12CCCCC1CCC1C2C(O)C[C@@]2(C)C1CCC21OCCO1. The summed E-state index contributed by atoms with van der Waals surface area (Å²) in [5.41, 5.74) is 0.372. The summed E-state index contributed by atoms with van der Waals surface area (Å²) >= 11 is 0. The molecule has 4 saturated carbocycles. The van der Waals surface area contributed by atoms with Crippen molar-refractivity contribution in [2.45, 2.75) is 83.5 Å². The first-order valence-electron chi connectivity index (χ1n) is 10.5. The number of fused-ring (bicyclic) bond motifs is 6. The van der Waals surface area contributed by atoms with Crippen molar-refractivity contribution in [3.05, 3.63) is 0 Å². The van der Waals surface area contributed by atoms with Crippen molar-refractivity contribution in [1.82, 2.24) is 0 Å². The first kappa shape index (κ1) is 16.1. The quantitative estimate of drug-likeness (QED) is 0.724. The van der Waals surface area contributed by atoms with Gasteiger partial charge < -0.3 is 14.6 Å². The lowest BCUT2D eigenvalue weighted by Crippen LogP contribution is -2.61. The summed E-state index contributed by atoms with van der Waals surface area (Å²) in [6, 6.07) is 0.